The van der Waals surface area contributed by atoms with Crippen molar-refractivity contribution in [3.8, 4) is 0 Å². The third-order valence-electron chi connectivity index (χ3n) is 6.21. The normalized spacial score (nSPS) is 9.77. The monoisotopic (exact) mass is 669 g/mol. The number of methoxy groups -OCH3 is 1. The molecule has 0 saturated carbocycles. The van der Waals surface area contributed by atoms with Gasteiger partial charge in [-0.1, -0.05) is 30.6 Å². The molecule has 6 aromatic rings. The Kier molecular flexibility index (Phi) is 16.0. The fraction of sp³-hybridized carbons (Fsp3) is 0.125. The minimum atomic E-state index is -0.971. The van der Waals surface area contributed by atoms with Crippen LogP contribution in [-0.2, 0) is 17.6 Å². The van der Waals surface area contributed by atoms with Gasteiger partial charge in [0.1, 0.15) is 0 Å². The van der Waals surface area contributed by atoms with Crippen molar-refractivity contribution in [2.75, 3.05) is 7.11 Å². The quantitative estimate of drug-likeness (QED) is 0.201. The summed E-state index contributed by atoms with van der Waals surface area (Å²) in [6, 6.07) is 13.8. The van der Waals surface area contributed by atoms with Gasteiger partial charge < -0.3 is 20.8 Å². The van der Waals surface area contributed by atoms with Gasteiger partial charge in [0.25, 0.3) is 0 Å². The first kappa shape index (κ1) is 40.5. The van der Waals surface area contributed by atoms with E-state index >= 15 is 0 Å². The van der Waals surface area contributed by atoms with Gasteiger partial charge in [-0.25, -0.2) is 9.59 Å². The molecule has 0 atom stereocenters. The van der Waals surface area contributed by atoms with E-state index in [2.05, 4.69) is 29.9 Å². The Morgan fingerprint density at radius 2 is 1.09 bits per heavy atom. The number of ether oxygens (including phenoxy) is 1. The number of carboxylic acids is 1. The smallest absolute Gasteiger partial charge is 0.870 e. The molecular weight excluding hydrogens is 642 g/mol. The number of halogens is 2. The van der Waals surface area contributed by atoms with Gasteiger partial charge in [-0.3, -0.25) is 29.9 Å². The van der Waals surface area contributed by atoms with E-state index < -0.39 is 5.97 Å². The van der Waals surface area contributed by atoms with E-state index in [1.165, 1.54) is 19.4 Å². The van der Waals surface area contributed by atoms with Crippen molar-refractivity contribution < 1.29 is 49.2 Å². The molecule has 0 amide bonds. The molecule has 0 unspecified atom stereocenters. The summed E-state index contributed by atoms with van der Waals surface area (Å²) < 4.78 is 4.71. The molecule has 0 spiro atoms. The summed E-state index contributed by atoms with van der Waals surface area (Å²) in [6.07, 6.45) is 10.6. The van der Waals surface area contributed by atoms with E-state index in [1.54, 1.807) is 49.2 Å². The van der Waals surface area contributed by atoms with Crippen molar-refractivity contribution in [2.45, 2.75) is 20.3 Å². The summed E-state index contributed by atoms with van der Waals surface area (Å²) in [4.78, 5) is 48.0. The van der Waals surface area contributed by atoms with Crippen LogP contribution >= 0.6 is 23.2 Å². The molecular formula is C32H28Cl2LiN6O6-. The molecule has 0 fully saturated rings. The van der Waals surface area contributed by atoms with E-state index in [4.69, 9.17) is 33.0 Å². The van der Waals surface area contributed by atoms with Gasteiger partial charge >= 0.3 is 30.8 Å². The fourth-order valence-corrected chi connectivity index (χ4v) is 4.52. The molecule has 0 aliphatic carbocycles. The number of fused-ring (bicyclic) bond motifs is 2. The molecule has 6 rings (SSSR count). The first-order valence-electron chi connectivity index (χ1n) is 12.8. The first-order chi connectivity index (χ1) is 20.8. The SMILES string of the molecule is C.COC(=O)c1ccnc(Cc2cc3cc(Cl)cnc3cn2)c1.O=C(O)c1ccnc(Cc2cc3cc(Cl)cnc3cn2)c1.[Li+].[OH-].[OH-]. The topological polar surface area (TPSA) is 201 Å². The van der Waals surface area contributed by atoms with Crippen molar-refractivity contribution in [3.63, 3.8) is 0 Å². The molecule has 0 bridgehead atoms. The van der Waals surface area contributed by atoms with E-state index in [0.29, 0.717) is 34.1 Å². The largest absolute Gasteiger partial charge is 1.00 e. The molecule has 0 aliphatic rings. The summed E-state index contributed by atoms with van der Waals surface area (Å²) >= 11 is 11.9. The summed E-state index contributed by atoms with van der Waals surface area (Å²) in [5.74, 6) is -1.35. The van der Waals surface area contributed by atoms with E-state index in [9.17, 15) is 9.59 Å². The summed E-state index contributed by atoms with van der Waals surface area (Å²) in [7, 11) is 1.35. The number of carboxylic acid groups (broad SMARTS) is 1. The Morgan fingerprint density at radius 3 is 1.53 bits per heavy atom. The maximum atomic E-state index is 11.5. The van der Waals surface area contributed by atoms with Gasteiger partial charge in [0, 0.05) is 71.2 Å². The molecule has 0 aromatic carbocycles. The third kappa shape index (κ3) is 10.8. The minimum Gasteiger partial charge on any atom is -0.870 e. The Balaban J connectivity index is 0.000000433. The second-order valence-electron chi connectivity index (χ2n) is 9.27. The second-order valence-corrected chi connectivity index (χ2v) is 10.1. The number of carbonyl (C=O) groups excluding carboxylic acids is 1. The van der Waals surface area contributed by atoms with Crippen LogP contribution < -0.4 is 18.9 Å². The Hall–Kier alpha value is -4.54. The Morgan fingerprint density at radius 1 is 0.660 bits per heavy atom. The van der Waals surface area contributed by atoms with Gasteiger partial charge in [0.15, 0.2) is 0 Å². The third-order valence-corrected chi connectivity index (χ3v) is 6.62. The number of aromatic carboxylic acids is 1. The van der Waals surface area contributed by atoms with Crippen LogP contribution in [0.25, 0.3) is 21.8 Å². The van der Waals surface area contributed by atoms with Crippen LogP contribution in [0.1, 0.15) is 50.9 Å². The molecule has 0 aliphatic heterocycles. The maximum Gasteiger partial charge on any atom is 1.00 e. The standard InChI is InChI=1S/C16H12ClN3O2.C15H10ClN3O2.CH4.Li.2H2O/c1-22-16(21)10-2-3-18-13(5-10)7-14-6-11-4-12(17)8-20-15(11)9-19-14;16-11-3-10-5-13(18-8-14(10)19-7-11)6-12-4-9(15(20)21)1-2-17-12;;;;/h2-6,8-9H,7H2,1H3;1-5,7-8H,6H2,(H,20,21);1H4;;2*1H2/q;;;+1;;/p-2. The van der Waals surface area contributed by atoms with Crippen LogP contribution in [0, 0.1) is 0 Å². The van der Waals surface area contributed by atoms with Crippen molar-refractivity contribution in [1.82, 2.24) is 29.9 Å². The Labute approximate surface area is 292 Å². The van der Waals surface area contributed by atoms with Gasteiger partial charge in [-0.05, 0) is 48.5 Å². The Bertz CT molecular complexity index is 1980. The van der Waals surface area contributed by atoms with E-state index in [1.807, 2.05) is 24.3 Å². The number of esters is 1. The number of rotatable bonds is 6. The van der Waals surface area contributed by atoms with Crippen LogP contribution in [0.3, 0.4) is 0 Å². The molecule has 238 valence electrons. The molecule has 12 nitrogen and oxygen atoms in total. The maximum absolute atomic E-state index is 11.5. The zero-order chi connectivity index (χ0) is 30.3. The van der Waals surface area contributed by atoms with Crippen LogP contribution in [0.2, 0.25) is 10.0 Å². The van der Waals surface area contributed by atoms with Crippen molar-refractivity contribution in [2.24, 2.45) is 0 Å². The second kappa shape index (κ2) is 18.6. The fourth-order valence-electron chi connectivity index (χ4n) is 4.19. The van der Waals surface area contributed by atoms with Crippen molar-refractivity contribution in [1.29, 1.82) is 0 Å². The molecule has 15 heteroatoms. The average molecular weight is 670 g/mol. The molecule has 6 heterocycles. The van der Waals surface area contributed by atoms with Crippen LogP contribution in [0.4, 0.5) is 0 Å². The van der Waals surface area contributed by atoms with Crippen LogP contribution in [0.15, 0.2) is 85.7 Å². The first-order valence-corrected chi connectivity index (χ1v) is 13.5. The molecule has 47 heavy (non-hydrogen) atoms. The predicted molar refractivity (Wildman–Crippen MR) is 172 cm³/mol. The number of aromatic nitrogens is 6. The average Bonchev–Trinajstić information content (AvgIpc) is 3.01. The van der Waals surface area contributed by atoms with Gasteiger partial charge in [0.05, 0.1) is 51.7 Å². The molecule has 6 aromatic heterocycles. The zero-order valence-corrected chi connectivity index (χ0v) is 26.0. The summed E-state index contributed by atoms with van der Waals surface area (Å²) in [5.41, 5.74) is 5.22. The molecule has 3 N–H and O–H groups in total. The molecule has 0 radical (unpaired) electrons. The zero-order valence-electron chi connectivity index (χ0n) is 24.5. The summed E-state index contributed by atoms with van der Waals surface area (Å²) in [6.45, 7) is 0. The van der Waals surface area contributed by atoms with E-state index in [-0.39, 0.29) is 48.8 Å². The van der Waals surface area contributed by atoms with Crippen LogP contribution in [-0.4, -0.2) is 65.0 Å². The number of pyridine rings is 6. The predicted octanol–water partition coefficient (Wildman–Crippen LogP) is 3.31. The molecule has 0 saturated heterocycles. The number of nitrogens with zero attached hydrogens (tertiary/aromatic N) is 6. The summed E-state index contributed by atoms with van der Waals surface area (Å²) in [5, 5.41) is 11.9. The van der Waals surface area contributed by atoms with Crippen molar-refractivity contribution >= 4 is 56.9 Å². The van der Waals surface area contributed by atoms with Crippen molar-refractivity contribution in [3.05, 3.63) is 130 Å². The minimum absolute atomic E-state index is 0. The van der Waals surface area contributed by atoms with Gasteiger partial charge in [0.2, 0.25) is 0 Å². The number of carbonyl (C=O) groups is 2. The van der Waals surface area contributed by atoms with Crippen LogP contribution in [0.5, 0.6) is 0 Å². The number of hydrogen-bond donors (Lipinski definition) is 1. The van der Waals surface area contributed by atoms with E-state index in [0.717, 1.165) is 38.9 Å². The van der Waals surface area contributed by atoms with Gasteiger partial charge in [-0.15, -0.1) is 0 Å². The number of hydrogen-bond acceptors (Lipinski definition) is 11. The van der Waals surface area contributed by atoms with Gasteiger partial charge in [-0.2, -0.15) is 0 Å².